The minimum atomic E-state index is 0.622. The molecule has 0 aromatic carbocycles. The first kappa shape index (κ1) is 10.4. The maximum absolute atomic E-state index is 5.47. The first-order valence-electron chi connectivity index (χ1n) is 5.79. The molecule has 14 heavy (non-hydrogen) atoms. The molecule has 1 atom stereocenters. The van der Waals surface area contributed by atoms with Gasteiger partial charge in [-0.25, -0.2) is 0 Å². The molecule has 0 aromatic rings. The van der Waals surface area contributed by atoms with Crippen LogP contribution in [0, 0.1) is 0 Å². The second-order valence-corrected chi connectivity index (χ2v) is 4.70. The van der Waals surface area contributed by atoms with E-state index in [1.807, 2.05) is 0 Å². The largest absolute Gasteiger partial charge is 0.379 e. The molecule has 2 saturated heterocycles. The van der Waals surface area contributed by atoms with Crippen LogP contribution in [0.15, 0.2) is 0 Å². The van der Waals surface area contributed by atoms with E-state index in [4.69, 9.17) is 4.74 Å². The normalized spacial score (nSPS) is 33.4. The van der Waals surface area contributed by atoms with Gasteiger partial charge in [0.05, 0.1) is 13.2 Å². The summed E-state index contributed by atoms with van der Waals surface area (Å²) in [5.41, 5.74) is 0. The third-order valence-corrected chi connectivity index (χ3v) is 3.58. The molecule has 2 aliphatic heterocycles. The summed E-state index contributed by atoms with van der Waals surface area (Å²) >= 11 is 0. The summed E-state index contributed by atoms with van der Waals surface area (Å²) in [6.45, 7) is 7.79. The van der Waals surface area contributed by atoms with Crippen molar-refractivity contribution in [2.75, 3.05) is 39.9 Å². The Labute approximate surface area is 87.0 Å². The van der Waals surface area contributed by atoms with E-state index >= 15 is 0 Å². The van der Waals surface area contributed by atoms with Crippen LogP contribution in [0.5, 0.6) is 0 Å². The number of hydrogen-bond donors (Lipinski definition) is 0. The Morgan fingerprint density at radius 3 is 2.50 bits per heavy atom. The van der Waals surface area contributed by atoms with E-state index in [-0.39, 0.29) is 0 Å². The van der Waals surface area contributed by atoms with Crippen LogP contribution in [0.3, 0.4) is 0 Å². The molecule has 2 aliphatic rings. The van der Waals surface area contributed by atoms with E-state index in [9.17, 15) is 0 Å². The van der Waals surface area contributed by atoms with Gasteiger partial charge in [-0.2, -0.15) is 0 Å². The van der Waals surface area contributed by atoms with Crippen molar-refractivity contribution in [3.8, 4) is 0 Å². The summed E-state index contributed by atoms with van der Waals surface area (Å²) in [5.74, 6) is 0. The van der Waals surface area contributed by atoms with Gasteiger partial charge in [0.1, 0.15) is 0 Å². The quantitative estimate of drug-likeness (QED) is 0.620. The summed E-state index contributed by atoms with van der Waals surface area (Å²) in [6, 6.07) is 1.43. The predicted molar refractivity (Wildman–Crippen MR) is 57.5 cm³/mol. The number of piperidine rings is 1. The van der Waals surface area contributed by atoms with Gasteiger partial charge in [0.15, 0.2) is 0 Å². The summed E-state index contributed by atoms with van der Waals surface area (Å²) in [5, 5.41) is 0. The molecule has 0 aromatic heterocycles. The predicted octanol–water partition coefficient (Wildman–Crippen LogP) is 0.801. The molecule has 2 heterocycles. The topological polar surface area (TPSA) is 15.7 Å². The standard InChI is InChI=1S/C11H22N2O/c1-10-9-14-8-7-13(10)11-3-5-12(2)6-4-11/h10-11H,3-9H2,1-2H3/t10-/m0/s1. The lowest BCUT2D eigenvalue weighted by molar-refractivity contribution is -0.0334. The van der Waals surface area contributed by atoms with E-state index in [0.717, 1.165) is 25.8 Å². The van der Waals surface area contributed by atoms with E-state index in [1.165, 1.54) is 25.9 Å². The molecule has 2 rings (SSSR count). The molecule has 0 radical (unpaired) electrons. The highest BCUT2D eigenvalue weighted by Crippen LogP contribution is 2.19. The highest BCUT2D eigenvalue weighted by molar-refractivity contribution is 4.83. The number of ether oxygens (including phenoxy) is 1. The summed E-state index contributed by atoms with van der Waals surface area (Å²) in [7, 11) is 2.22. The van der Waals surface area contributed by atoms with Crippen molar-refractivity contribution in [3.05, 3.63) is 0 Å². The van der Waals surface area contributed by atoms with E-state index in [2.05, 4.69) is 23.8 Å². The Bertz CT molecular complexity index is 178. The maximum Gasteiger partial charge on any atom is 0.0619 e. The molecule has 0 saturated carbocycles. The van der Waals surface area contributed by atoms with Crippen molar-refractivity contribution in [1.29, 1.82) is 0 Å². The molecule has 82 valence electrons. The number of hydrogen-bond acceptors (Lipinski definition) is 3. The second-order valence-electron chi connectivity index (χ2n) is 4.70. The molecule has 0 aliphatic carbocycles. The lowest BCUT2D eigenvalue weighted by Gasteiger charge is -2.42. The van der Waals surface area contributed by atoms with Crippen LogP contribution in [-0.2, 0) is 4.74 Å². The van der Waals surface area contributed by atoms with E-state index in [0.29, 0.717) is 6.04 Å². The average Bonchev–Trinajstić information content (AvgIpc) is 2.20. The Morgan fingerprint density at radius 2 is 1.86 bits per heavy atom. The molecule has 2 fully saturated rings. The van der Waals surface area contributed by atoms with Crippen LogP contribution in [-0.4, -0.2) is 61.8 Å². The minimum absolute atomic E-state index is 0.622. The maximum atomic E-state index is 5.47. The Hall–Kier alpha value is -0.120. The molecule has 0 bridgehead atoms. The van der Waals surface area contributed by atoms with Crippen LogP contribution in [0.4, 0.5) is 0 Å². The zero-order chi connectivity index (χ0) is 9.97. The van der Waals surface area contributed by atoms with Gasteiger partial charge in [-0.1, -0.05) is 0 Å². The van der Waals surface area contributed by atoms with Crippen LogP contribution >= 0.6 is 0 Å². The molecule has 3 nitrogen and oxygen atoms in total. The van der Waals surface area contributed by atoms with E-state index in [1.54, 1.807) is 0 Å². The third-order valence-electron chi connectivity index (χ3n) is 3.58. The van der Waals surface area contributed by atoms with Crippen LogP contribution in [0.25, 0.3) is 0 Å². The van der Waals surface area contributed by atoms with E-state index < -0.39 is 0 Å². The second kappa shape index (κ2) is 4.60. The molecule has 0 N–H and O–H groups in total. The van der Waals surface area contributed by atoms with Gasteiger partial charge >= 0.3 is 0 Å². The fourth-order valence-corrected chi connectivity index (χ4v) is 2.61. The van der Waals surface area contributed by atoms with Crippen LogP contribution < -0.4 is 0 Å². The Morgan fingerprint density at radius 1 is 1.14 bits per heavy atom. The number of morpholine rings is 1. The molecule has 0 spiro atoms. The lowest BCUT2D eigenvalue weighted by Crippen LogP contribution is -2.52. The first-order valence-corrected chi connectivity index (χ1v) is 5.79. The molecular weight excluding hydrogens is 176 g/mol. The smallest absolute Gasteiger partial charge is 0.0619 e. The highest BCUT2D eigenvalue weighted by atomic mass is 16.5. The monoisotopic (exact) mass is 198 g/mol. The van der Waals surface area contributed by atoms with Gasteiger partial charge < -0.3 is 9.64 Å². The van der Waals surface area contributed by atoms with Crippen molar-refractivity contribution in [3.63, 3.8) is 0 Å². The van der Waals surface area contributed by atoms with Crippen molar-refractivity contribution >= 4 is 0 Å². The van der Waals surface area contributed by atoms with Crippen molar-refractivity contribution in [2.45, 2.75) is 31.8 Å². The Balaban J connectivity index is 1.87. The lowest BCUT2D eigenvalue weighted by atomic mass is 10.0. The fraction of sp³-hybridized carbons (Fsp3) is 1.00. The zero-order valence-corrected chi connectivity index (χ0v) is 9.41. The number of likely N-dealkylation sites (tertiary alicyclic amines) is 1. The third kappa shape index (κ3) is 2.27. The van der Waals surface area contributed by atoms with Crippen molar-refractivity contribution < 1.29 is 4.74 Å². The minimum Gasteiger partial charge on any atom is -0.379 e. The number of nitrogens with zero attached hydrogens (tertiary/aromatic N) is 2. The zero-order valence-electron chi connectivity index (χ0n) is 9.41. The van der Waals surface area contributed by atoms with Gasteiger partial charge in [0.2, 0.25) is 0 Å². The van der Waals surface area contributed by atoms with Crippen LogP contribution in [0.1, 0.15) is 19.8 Å². The molecular formula is C11H22N2O. The summed E-state index contributed by atoms with van der Waals surface area (Å²) < 4.78 is 5.47. The number of rotatable bonds is 1. The fourth-order valence-electron chi connectivity index (χ4n) is 2.61. The Kier molecular flexibility index (Phi) is 3.42. The first-order chi connectivity index (χ1) is 6.77. The van der Waals surface area contributed by atoms with Gasteiger partial charge in [-0.05, 0) is 39.9 Å². The molecule has 0 unspecified atom stereocenters. The van der Waals surface area contributed by atoms with Gasteiger partial charge in [-0.15, -0.1) is 0 Å². The van der Waals surface area contributed by atoms with Crippen molar-refractivity contribution in [1.82, 2.24) is 9.80 Å². The average molecular weight is 198 g/mol. The summed E-state index contributed by atoms with van der Waals surface area (Å²) in [4.78, 5) is 5.08. The molecule has 3 heteroatoms. The molecule has 0 amide bonds. The highest BCUT2D eigenvalue weighted by Gasteiger charge is 2.28. The van der Waals surface area contributed by atoms with Crippen molar-refractivity contribution in [2.24, 2.45) is 0 Å². The van der Waals surface area contributed by atoms with Gasteiger partial charge in [0, 0.05) is 18.6 Å². The van der Waals surface area contributed by atoms with Gasteiger partial charge in [0.25, 0.3) is 0 Å². The summed E-state index contributed by atoms with van der Waals surface area (Å²) in [6.07, 6.45) is 2.67. The van der Waals surface area contributed by atoms with Crippen LogP contribution in [0.2, 0.25) is 0 Å². The SMILES string of the molecule is C[C@H]1COCCN1C1CCN(C)CC1. The van der Waals surface area contributed by atoms with Gasteiger partial charge in [-0.3, -0.25) is 4.90 Å².